The summed E-state index contributed by atoms with van der Waals surface area (Å²) in [4.78, 5) is 27.4. The van der Waals surface area contributed by atoms with Crippen LogP contribution in [0, 0.1) is 19.7 Å². The van der Waals surface area contributed by atoms with E-state index in [0.29, 0.717) is 22.5 Å². The second-order valence-electron chi connectivity index (χ2n) is 7.11. The van der Waals surface area contributed by atoms with E-state index in [1.54, 1.807) is 19.9 Å². The van der Waals surface area contributed by atoms with Crippen molar-refractivity contribution in [3.63, 3.8) is 0 Å². The molecule has 0 spiro atoms. The Hall–Kier alpha value is -3.66. The largest absolute Gasteiger partial charge is 0.495 e. The quantitative estimate of drug-likeness (QED) is 0.461. The standard InChI is InChI=1S/C22H22FN3O5S/c1-12-20(14(3)27)13(2)24-21(12)22(28)25-16-7-10-19(31-4)18(11-16)26-32(29,30)17-8-5-15(23)6-9-17/h5-11,24,26H,1-4H3,(H,25,28). The molecule has 0 aliphatic heterocycles. The number of amides is 1. The van der Waals surface area contributed by atoms with E-state index in [1.165, 1.54) is 26.2 Å². The third kappa shape index (κ3) is 4.65. The zero-order valence-corrected chi connectivity index (χ0v) is 18.7. The Morgan fingerprint density at radius 2 is 1.72 bits per heavy atom. The fourth-order valence-corrected chi connectivity index (χ4v) is 4.44. The minimum Gasteiger partial charge on any atom is -0.495 e. The van der Waals surface area contributed by atoms with Gasteiger partial charge in [0.15, 0.2) is 5.78 Å². The third-order valence-corrected chi connectivity index (χ3v) is 6.22. The number of rotatable bonds is 7. The van der Waals surface area contributed by atoms with Crippen LogP contribution in [0.25, 0.3) is 0 Å². The van der Waals surface area contributed by atoms with Crippen LogP contribution in [0.15, 0.2) is 47.4 Å². The number of aryl methyl sites for hydroxylation is 1. The molecule has 0 aliphatic rings. The molecule has 3 N–H and O–H groups in total. The van der Waals surface area contributed by atoms with Gasteiger partial charge in [-0.2, -0.15) is 0 Å². The van der Waals surface area contributed by atoms with Crippen molar-refractivity contribution in [1.29, 1.82) is 0 Å². The summed E-state index contributed by atoms with van der Waals surface area (Å²) in [6.45, 7) is 4.80. The fraction of sp³-hybridized carbons (Fsp3) is 0.182. The van der Waals surface area contributed by atoms with Crippen LogP contribution in [0.1, 0.15) is 39.0 Å². The van der Waals surface area contributed by atoms with Crippen molar-refractivity contribution < 1.29 is 27.1 Å². The lowest BCUT2D eigenvalue weighted by atomic mass is 10.1. The Kier molecular flexibility index (Phi) is 6.35. The highest BCUT2D eigenvalue weighted by Crippen LogP contribution is 2.30. The normalized spacial score (nSPS) is 11.2. The number of methoxy groups -OCH3 is 1. The van der Waals surface area contributed by atoms with Gasteiger partial charge in [-0.3, -0.25) is 14.3 Å². The summed E-state index contributed by atoms with van der Waals surface area (Å²) in [6, 6.07) is 8.79. The summed E-state index contributed by atoms with van der Waals surface area (Å²) in [5, 5.41) is 2.68. The van der Waals surface area contributed by atoms with Crippen molar-refractivity contribution in [1.82, 2.24) is 4.98 Å². The number of carbonyl (C=O) groups is 2. The van der Waals surface area contributed by atoms with Crippen molar-refractivity contribution in [2.24, 2.45) is 0 Å². The monoisotopic (exact) mass is 459 g/mol. The molecule has 0 atom stereocenters. The van der Waals surface area contributed by atoms with Gasteiger partial charge in [-0.1, -0.05) is 0 Å². The van der Waals surface area contributed by atoms with Gasteiger partial charge in [0.2, 0.25) is 0 Å². The average Bonchev–Trinajstić information content (AvgIpc) is 3.02. The summed E-state index contributed by atoms with van der Waals surface area (Å²) in [7, 11) is -2.66. The summed E-state index contributed by atoms with van der Waals surface area (Å²) in [6.07, 6.45) is 0. The lowest BCUT2D eigenvalue weighted by Crippen LogP contribution is -2.16. The highest BCUT2D eigenvalue weighted by atomic mass is 32.2. The molecular weight excluding hydrogens is 437 g/mol. The van der Waals surface area contributed by atoms with Crippen molar-refractivity contribution in [2.45, 2.75) is 25.7 Å². The van der Waals surface area contributed by atoms with E-state index in [1.807, 2.05) is 0 Å². The number of halogens is 1. The molecule has 0 unspecified atom stereocenters. The number of aromatic nitrogens is 1. The molecule has 3 aromatic rings. The molecule has 0 aliphatic carbocycles. The van der Waals surface area contributed by atoms with Gasteiger partial charge in [0.1, 0.15) is 17.3 Å². The fourth-order valence-electron chi connectivity index (χ4n) is 3.38. The number of hydrogen-bond acceptors (Lipinski definition) is 5. The number of carbonyl (C=O) groups excluding carboxylic acids is 2. The molecule has 1 heterocycles. The predicted molar refractivity (Wildman–Crippen MR) is 118 cm³/mol. The summed E-state index contributed by atoms with van der Waals surface area (Å²) >= 11 is 0. The van der Waals surface area contributed by atoms with Gasteiger partial charge in [-0.25, -0.2) is 12.8 Å². The van der Waals surface area contributed by atoms with E-state index in [2.05, 4.69) is 15.0 Å². The maximum absolute atomic E-state index is 13.1. The third-order valence-electron chi connectivity index (χ3n) is 4.84. The second-order valence-corrected chi connectivity index (χ2v) is 8.79. The first-order valence-corrected chi connectivity index (χ1v) is 11.0. The van der Waals surface area contributed by atoms with Crippen LogP contribution in [-0.4, -0.2) is 32.2 Å². The number of anilines is 2. The van der Waals surface area contributed by atoms with Crippen LogP contribution in [0.4, 0.5) is 15.8 Å². The molecule has 2 aromatic carbocycles. The lowest BCUT2D eigenvalue weighted by Gasteiger charge is -2.14. The minimum atomic E-state index is -4.03. The topological polar surface area (TPSA) is 117 Å². The molecule has 0 saturated heterocycles. The number of nitrogens with one attached hydrogen (secondary N) is 3. The van der Waals surface area contributed by atoms with E-state index < -0.39 is 21.7 Å². The molecule has 0 radical (unpaired) electrons. The summed E-state index contributed by atoms with van der Waals surface area (Å²) in [5.41, 5.74) is 2.18. The molecule has 168 valence electrons. The number of hydrogen-bond donors (Lipinski definition) is 3. The van der Waals surface area contributed by atoms with Gasteiger partial charge in [0, 0.05) is 16.9 Å². The van der Waals surface area contributed by atoms with Gasteiger partial charge in [-0.05, 0) is 68.8 Å². The highest BCUT2D eigenvalue weighted by molar-refractivity contribution is 7.92. The van der Waals surface area contributed by atoms with Crippen LogP contribution in [-0.2, 0) is 10.0 Å². The summed E-state index contributed by atoms with van der Waals surface area (Å²) < 4.78 is 46.1. The van der Waals surface area contributed by atoms with E-state index in [4.69, 9.17) is 4.74 Å². The van der Waals surface area contributed by atoms with Crippen LogP contribution in [0.5, 0.6) is 5.75 Å². The molecule has 32 heavy (non-hydrogen) atoms. The van der Waals surface area contributed by atoms with Crippen LogP contribution >= 0.6 is 0 Å². The van der Waals surface area contributed by atoms with Gasteiger partial charge < -0.3 is 15.0 Å². The molecule has 0 saturated carbocycles. The smallest absolute Gasteiger partial charge is 0.272 e. The first-order chi connectivity index (χ1) is 15.0. The Balaban J connectivity index is 1.90. The zero-order chi connectivity index (χ0) is 23.6. The Morgan fingerprint density at radius 3 is 2.28 bits per heavy atom. The number of benzene rings is 2. The van der Waals surface area contributed by atoms with Gasteiger partial charge in [0.25, 0.3) is 15.9 Å². The molecule has 3 rings (SSSR count). The predicted octanol–water partition coefficient (Wildman–Crippen LogP) is 4.03. The van der Waals surface area contributed by atoms with Crippen molar-refractivity contribution in [2.75, 3.05) is 17.1 Å². The lowest BCUT2D eigenvalue weighted by molar-refractivity contribution is 0.101. The Morgan fingerprint density at radius 1 is 1.06 bits per heavy atom. The van der Waals surface area contributed by atoms with Crippen LogP contribution in [0.2, 0.25) is 0 Å². The molecule has 8 nitrogen and oxygen atoms in total. The van der Waals surface area contributed by atoms with E-state index in [9.17, 15) is 22.4 Å². The first kappa shape index (κ1) is 23.0. The van der Waals surface area contributed by atoms with E-state index in [0.717, 1.165) is 24.3 Å². The summed E-state index contributed by atoms with van der Waals surface area (Å²) in [5.74, 6) is -0.985. The number of ketones is 1. The van der Waals surface area contributed by atoms with E-state index >= 15 is 0 Å². The average molecular weight is 459 g/mol. The number of sulfonamides is 1. The maximum atomic E-state index is 13.1. The molecule has 10 heteroatoms. The second kappa shape index (κ2) is 8.83. The van der Waals surface area contributed by atoms with Gasteiger partial charge in [-0.15, -0.1) is 0 Å². The number of Topliss-reactive ketones (excluding diaryl/α,β-unsaturated/α-hetero) is 1. The Bertz CT molecular complexity index is 1300. The molecule has 0 fully saturated rings. The zero-order valence-electron chi connectivity index (χ0n) is 17.9. The van der Waals surface area contributed by atoms with E-state index in [-0.39, 0.29) is 27.8 Å². The molecule has 1 amide bonds. The number of aromatic amines is 1. The SMILES string of the molecule is COc1ccc(NC(=O)c2[nH]c(C)c(C(C)=O)c2C)cc1NS(=O)(=O)c1ccc(F)cc1. The van der Waals surface area contributed by atoms with Crippen molar-refractivity contribution in [3.8, 4) is 5.75 Å². The molecular formula is C22H22FN3O5S. The van der Waals surface area contributed by atoms with Crippen molar-refractivity contribution in [3.05, 3.63) is 70.8 Å². The van der Waals surface area contributed by atoms with Gasteiger partial charge in [0.05, 0.1) is 17.7 Å². The first-order valence-electron chi connectivity index (χ1n) is 9.51. The molecule has 1 aromatic heterocycles. The molecule has 0 bridgehead atoms. The maximum Gasteiger partial charge on any atom is 0.272 e. The van der Waals surface area contributed by atoms with Crippen molar-refractivity contribution >= 4 is 33.1 Å². The minimum absolute atomic E-state index is 0.0819. The van der Waals surface area contributed by atoms with Crippen LogP contribution < -0.4 is 14.8 Å². The highest BCUT2D eigenvalue weighted by Gasteiger charge is 2.21. The van der Waals surface area contributed by atoms with Gasteiger partial charge >= 0.3 is 0 Å². The van der Waals surface area contributed by atoms with Crippen LogP contribution in [0.3, 0.4) is 0 Å². The Labute approximate surface area is 184 Å². The number of H-pyrrole nitrogens is 1. The number of ether oxygens (including phenoxy) is 1.